The molecule has 2 rings (SSSR count). The van der Waals surface area contributed by atoms with Gasteiger partial charge in [-0.25, -0.2) is 14.0 Å². The van der Waals surface area contributed by atoms with Crippen molar-refractivity contribution in [2.75, 3.05) is 6.61 Å². The average molecular weight is 436 g/mol. The Kier molecular flexibility index (Phi) is 5.57. The Bertz CT molecular complexity index is 634. The first-order valence-corrected chi connectivity index (χ1v) is 8.29. The summed E-state index contributed by atoms with van der Waals surface area (Å²) in [4.78, 5) is 24.1. The number of amides is 2. The summed E-state index contributed by atoms with van der Waals surface area (Å²) in [5, 5.41) is 5.18. The molecular formula is C14H13Br2FN2O3. The van der Waals surface area contributed by atoms with Crippen LogP contribution in [0.2, 0.25) is 0 Å². The number of benzene rings is 1. The van der Waals surface area contributed by atoms with E-state index >= 15 is 0 Å². The van der Waals surface area contributed by atoms with Gasteiger partial charge in [0.05, 0.1) is 23.9 Å². The van der Waals surface area contributed by atoms with E-state index in [0.717, 1.165) is 0 Å². The number of hydrogen-bond donors (Lipinski definition) is 2. The van der Waals surface area contributed by atoms with Gasteiger partial charge in [0.1, 0.15) is 9.55 Å². The number of alkyl halides is 2. The first-order chi connectivity index (χ1) is 10.4. The first kappa shape index (κ1) is 17.0. The Morgan fingerprint density at radius 3 is 2.77 bits per heavy atom. The van der Waals surface area contributed by atoms with Crippen LogP contribution < -0.4 is 10.6 Å². The van der Waals surface area contributed by atoms with E-state index in [1.54, 1.807) is 13.0 Å². The second-order valence-electron chi connectivity index (χ2n) is 4.43. The van der Waals surface area contributed by atoms with E-state index in [2.05, 4.69) is 42.5 Å². The second kappa shape index (κ2) is 7.23. The fourth-order valence-electron chi connectivity index (χ4n) is 2.13. The van der Waals surface area contributed by atoms with Gasteiger partial charge in [0.15, 0.2) is 0 Å². The van der Waals surface area contributed by atoms with Crippen LogP contribution in [0.3, 0.4) is 0 Å². The minimum atomic E-state index is -0.795. The number of allylic oxidation sites excluding steroid dienone is 1. The molecule has 5 nitrogen and oxygen atoms in total. The lowest BCUT2D eigenvalue weighted by Crippen LogP contribution is -2.47. The van der Waals surface area contributed by atoms with E-state index < -0.39 is 27.6 Å². The number of rotatable bonds is 4. The zero-order chi connectivity index (χ0) is 16.3. The molecule has 1 heterocycles. The maximum atomic E-state index is 13.5. The Hall–Kier alpha value is -1.41. The normalized spacial score (nSPS) is 18.0. The predicted molar refractivity (Wildman–Crippen MR) is 86.1 cm³/mol. The number of halogens is 3. The molecule has 0 saturated carbocycles. The molecule has 118 valence electrons. The Morgan fingerprint density at radius 2 is 2.18 bits per heavy atom. The highest BCUT2D eigenvalue weighted by Crippen LogP contribution is 2.32. The summed E-state index contributed by atoms with van der Waals surface area (Å²) < 4.78 is 18.1. The molecule has 2 amide bonds. The highest BCUT2D eigenvalue weighted by atomic mass is 79.9. The first-order valence-electron chi connectivity index (χ1n) is 6.46. The number of carbonyl (C=O) groups excluding carboxylic acids is 2. The van der Waals surface area contributed by atoms with Gasteiger partial charge >= 0.3 is 12.0 Å². The Morgan fingerprint density at radius 1 is 1.45 bits per heavy atom. The number of esters is 1. The van der Waals surface area contributed by atoms with Gasteiger partial charge in [0.25, 0.3) is 0 Å². The fourth-order valence-corrected chi connectivity index (χ4v) is 2.85. The van der Waals surface area contributed by atoms with Crippen molar-refractivity contribution in [3.63, 3.8) is 0 Å². The Balaban J connectivity index is 2.55. The van der Waals surface area contributed by atoms with Crippen LogP contribution in [0, 0.1) is 5.82 Å². The van der Waals surface area contributed by atoms with Crippen molar-refractivity contribution in [1.82, 2.24) is 10.6 Å². The zero-order valence-corrected chi connectivity index (χ0v) is 14.7. The van der Waals surface area contributed by atoms with Crippen molar-refractivity contribution in [2.45, 2.75) is 16.7 Å². The largest absolute Gasteiger partial charge is 0.463 e. The molecule has 1 unspecified atom stereocenters. The average Bonchev–Trinajstić information content (AvgIpc) is 2.46. The molecule has 1 atom stereocenters. The number of nitrogens with one attached hydrogen (secondary N) is 2. The van der Waals surface area contributed by atoms with Crippen molar-refractivity contribution in [3.8, 4) is 0 Å². The number of carbonyl (C=O) groups is 2. The predicted octanol–water partition coefficient (Wildman–Crippen LogP) is 3.11. The van der Waals surface area contributed by atoms with Crippen LogP contribution in [-0.2, 0) is 9.53 Å². The van der Waals surface area contributed by atoms with E-state index in [9.17, 15) is 14.0 Å². The smallest absolute Gasteiger partial charge is 0.338 e. The van der Waals surface area contributed by atoms with Crippen molar-refractivity contribution >= 4 is 43.9 Å². The van der Waals surface area contributed by atoms with Crippen LogP contribution in [0.1, 0.15) is 18.5 Å². The zero-order valence-electron chi connectivity index (χ0n) is 11.5. The third kappa shape index (κ3) is 3.67. The SMILES string of the molecule is CCOC(=O)C1=C(C(Br)Br)NC(=O)NC1c1cccc(F)c1. The van der Waals surface area contributed by atoms with Gasteiger partial charge in [-0.3, -0.25) is 0 Å². The van der Waals surface area contributed by atoms with Gasteiger partial charge in [-0.15, -0.1) is 0 Å². The lowest BCUT2D eigenvalue weighted by atomic mass is 9.95. The fraction of sp³-hybridized carbons (Fsp3) is 0.286. The third-order valence-electron chi connectivity index (χ3n) is 3.00. The van der Waals surface area contributed by atoms with Crippen LogP contribution in [-0.4, -0.2) is 22.3 Å². The number of ether oxygens (including phenoxy) is 1. The molecule has 8 heteroatoms. The highest BCUT2D eigenvalue weighted by molar-refractivity contribution is 9.24. The van der Waals surface area contributed by atoms with Gasteiger partial charge in [-0.1, -0.05) is 44.0 Å². The molecule has 0 aromatic heterocycles. The molecule has 1 aromatic rings. The number of hydrogen-bond acceptors (Lipinski definition) is 3. The van der Waals surface area contributed by atoms with Crippen molar-refractivity contribution < 1.29 is 18.7 Å². The standard InChI is InChI=1S/C14H13Br2FN2O3/c1-2-22-13(20)9-10(7-4-3-5-8(17)6-7)18-14(21)19-11(9)12(15)16/h3-6,10,12H,2H2,1H3,(H2,18,19,21). The maximum Gasteiger partial charge on any atom is 0.338 e. The molecule has 0 saturated heterocycles. The maximum absolute atomic E-state index is 13.5. The van der Waals surface area contributed by atoms with Gasteiger partial charge in [0.2, 0.25) is 0 Å². The molecule has 2 N–H and O–H groups in total. The summed E-state index contributed by atoms with van der Waals surface area (Å²) in [6.07, 6.45) is 0. The highest BCUT2D eigenvalue weighted by Gasteiger charge is 2.35. The van der Waals surface area contributed by atoms with Crippen LogP contribution >= 0.6 is 31.9 Å². The molecule has 0 radical (unpaired) electrons. The summed E-state index contributed by atoms with van der Waals surface area (Å²) >= 11 is 6.54. The third-order valence-corrected chi connectivity index (χ3v) is 3.91. The molecule has 1 aliphatic rings. The summed E-state index contributed by atoms with van der Waals surface area (Å²) in [5.74, 6) is -1.03. The van der Waals surface area contributed by atoms with E-state index in [4.69, 9.17) is 4.74 Å². The van der Waals surface area contributed by atoms with E-state index in [1.807, 2.05) is 0 Å². The molecule has 0 spiro atoms. The summed E-state index contributed by atoms with van der Waals surface area (Å²) in [6.45, 7) is 1.87. The van der Waals surface area contributed by atoms with Gasteiger partial charge < -0.3 is 15.4 Å². The van der Waals surface area contributed by atoms with Gasteiger partial charge in [-0.05, 0) is 24.6 Å². The van der Waals surface area contributed by atoms with Crippen molar-refractivity contribution in [3.05, 3.63) is 46.9 Å². The topological polar surface area (TPSA) is 67.4 Å². The molecule has 1 aliphatic heterocycles. The lowest BCUT2D eigenvalue weighted by molar-refractivity contribution is -0.139. The molecule has 0 aliphatic carbocycles. The minimum Gasteiger partial charge on any atom is -0.463 e. The van der Waals surface area contributed by atoms with Gasteiger partial charge in [0, 0.05) is 0 Å². The quantitative estimate of drug-likeness (QED) is 0.564. The molecule has 0 fully saturated rings. The lowest BCUT2D eigenvalue weighted by Gasteiger charge is -2.30. The molecule has 0 bridgehead atoms. The van der Waals surface area contributed by atoms with Crippen LogP contribution in [0.25, 0.3) is 0 Å². The summed E-state index contributed by atoms with van der Waals surface area (Å²) in [6, 6.07) is 4.43. The van der Waals surface area contributed by atoms with Crippen LogP contribution in [0.5, 0.6) is 0 Å². The van der Waals surface area contributed by atoms with Crippen LogP contribution in [0.4, 0.5) is 9.18 Å². The molecule has 22 heavy (non-hydrogen) atoms. The Labute approximate surface area is 143 Å². The number of urea groups is 1. The van der Waals surface area contributed by atoms with E-state index in [0.29, 0.717) is 11.3 Å². The molecular weight excluding hydrogens is 423 g/mol. The minimum absolute atomic E-state index is 0.189. The van der Waals surface area contributed by atoms with E-state index in [-0.39, 0.29) is 12.2 Å². The van der Waals surface area contributed by atoms with Crippen LogP contribution in [0.15, 0.2) is 35.5 Å². The van der Waals surface area contributed by atoms with E-state index in [1.165, 1.54) is 18.2 Å². The van der Waals surface area contributed by atoms with Crippen molar-refractivity contribution in [2.24, 2.45) is 0 Å². The monoisotopic (exact) mass is 434 g/mol. The van der Waals surface area contributed by atoms with Crippen molar-refractivity contribution in [1.29, 1.82) is 0 Å². The second-order valence-corrected chi connectivity index (χ2v) is 7.50. The summed E-state index contributed by atoms with van der Waals surface area (Å²) in [7, 11) is 0. The summed E-state index contributed by atoms with van der Waals surface area (Å²) in [5.41, 5.74) is 0.998. The molecule has 1 aromatic carbocycles. The van der Waals surface area contributed by atoms with Gasteiger partial charge in [-0.2, -0.15) is 0 Å².